The van der Waals surface area contributed by atoms with E-state index in [9.17, 15) is 0 Å². The van der Waals surface area contributed by atoms with Crippen molar-refractivity contribution in [3.63, 3.8) is 0 Å². The lowest BCUT2D eigenvalue weighted by atomic mass is 9.96. The normalized spacial score (nSPS) is 20.1. The predicted molar refractivity (Wildman–Crippen MR) is 55.8 cm³/mol. The lowest BCUT2D eigenvalue weighted by Gasteiger charge is -2.39. The Balaban J connectivity index is 2.48. The molecule has 0 unspecified atom stereocenters. The Kier molecular flexibility index (Phi) is 3.74. The van der Waals surface area contributed by atoms with Crippen LogP contribution in [0.3, 0.4) is 0 Å². The van der Waals surface area contributed by atoms with Crippen LogP contribution >= 0.6 is 0 Å². The molecule has 0 aromatic rings. The van der Waals surface area contributed by atoms with Crippen LogP contribution in [0.2, 0.25) is 0 Å². The van der Waals surface area contributed by atoms with Crippen LogP contribution in [-0.4, -0.2) is 35.2 Å². The second-order valence-electron chi connectivity index (χ2n) is 4.84. The summed E-state index contributed by atoms with van der Waals surface area (Å²) >= 11 is 0. The van der Waals surface area contributed by atoms with Gasteiger partial charge in [-0.05, 0) is 40.2 Å². The smallest absolute Gasteiger partial charge is 0.0448 e. The van der Waals surface area contributed by atoms with Crippen molar-refractivity contribution in [2.45, 2.75) is 57.5 Å². The van der Waals surface area contributed by atoms with Crippen molar-refractivity contribution in [3.05, 3.63) is 0 Å². The first-order valence-corrected chi connectivity index (χ1v) is 5.42. The Hall–Kier alpha value is -0.0800. The van der Waals surface area contributed by atoms with Gasteiger partial charge in [0.05, 0.1) is 0 Å². The SMILES string of the molecule is CN(C1CCCC1)C(C)(C)CCO. The van der Waals surface area contributed by atoms with Crippen LogP contribution in [0.25, 0.3) is 0 Å². The zero-order valence-corrected chi connectivity index (χ0v) is 9.21. The molecular weight excluding hydrogens is 162 g/mol. The molecule has 1 saturated carbocycles. The Morgan fingerprint density at radius 2 is 1.85 bits per heavy atom. The third-order valence-electron chi connectivity index (χ3n) is 3.55. The van der Waals surface area contributed by atoms with E-state index >= 15 is 0 Å². The van der Waals surface area contributed by atoms with E-state index in [-0.39, 0.29) is 5.54 Å². The molecule has 0 bridgehead atoms. The Labute approximate surface area is 81.9 Å². The summed E-state index contributed by atoms with van der Waals surface area (Å²) in [5.41, 5.74) is 0.157. The van der Waals surface area contributed by atoms with E-state index in [0.29, 0.717) is 6.61 Å². The zero-order chi connectivity index (χ0) is 9.90. The number of hydrogen-bond acceptors (Lipinski definition) is 2. The first-order valence-electron chi connectivity index (χ1n) is 5.42. The maximum atomic E-state index is 8.97. The van der Waals surface area contributed by atoms with Gasteiger partial charge in [0.25, 0.3) is 0 Å². The molecule has 2 nitrogen and oxygen atoms in total. The zero-order valence-electron chi connectivity index (χ0n) is 9.21. The molecule has 0 radical (unpaired) electrons. The van der Waals surface area contributed by atoms with Gasteiger partial charge in [0, 0.05) is 18.2 Å². The van der Waals surface area contributed by atoms with Gasteiger partial charge in [0.15, 0.2) is 0 Å². The van der Waals surface area contributed by atoms with Crippen molar-refractivity contribution < 1.29 is 5.11 Å². The largest absolute Gasteiger partial charge is 0.396 e. The van der Waals surface area contributed by atoms with Gasteiger partial charge in [0.1, 0.15) is 0 Å². The highest BCUT2D eigenvalue weighted by atomic mass is 16.3. The van der Waals surface area contributed by atoms with E-state index in [1.807, 2.05) is 0 Å². The number of aliphatic hydroxyl groups excluding tert-OH is 1. The van der Waals surface area contributed by atoms with Gasteiger partial charge in [-0.1, -0.05) is 12.8 Å². The molecule has 2 heteroatoms. The van der Waals surface area contributed by atoms with E-state index in [1.54, 1.807) is 0 Å². The van der Waals surface area contributed by atoms with Crippen molar-refractivity contribution >= 4 is 0 Å². The van der Waals surface area contributed by atoms with Gasteiger partial charge in [-0.25, -0.2) is 0 Å². The number of rotatable bonds is 4. The number of hydrogen-bond donors (Lipinski definition) is 1. The molecule has 0 atom stereocenters. The average Bonchev–Trinajstić information content (AvgIpc) is 2.54. The van der Waals surface area contributed by atoms with E-state index in [4.69, 9.17) is 5.11 Å². The van der Waals surface area contributed by atoms with Gasteiger partial charge in [-0.15, -0.1) is 0 Å². The summed E-state index contributed by atoms with van der Waals surface area (Å²) in [5, 5.41) is 8.97. The molecule has 0 saturated heterocycles. The summed E-state index contributed by atoms with van der Waals surface area (Å²) in [7, 11) is 2.20. The van der Waals surface area contributed by atoms with E-state index in [1.165, 1.54) is 25.7 Å². The Morgan fingerprint density at radius 1 is 1.31 bits per heavy atom. The number of aliphatic hydroxyl groups is 1. The predicted octanol–water partition coefficient (Wildman–Crippen LogP) is 2.02. The van der Waals surface area contributed by atoms with E-state index in [0.717, 1.165) is 12.5 Å². The molecule has 1 rings (SSSR count). The van der Waals surface area contributed by atoms with Crippen molar-refractivity contribution in [2.75, 3.05) is 13.7 Å². The summed E-state index contributed by atoms with van der Waals surface area (Å²) in [5.74, 6) is 0. The molecule has 78 valence electrons. The van der Waals surface area contributed by atoms with E-state index in [2.05, 4.69) is 25.8 Å². The van der Waals surface area contributed by atoms with Gasteiger partial charge in [-0.2, -0.15) is 0 Å². The summed E-state index contributed by atoms with van der Waals surface area (Å²) < 4.78 is 0. The molecular formula is C11H23NO. The monoisotopic (exact) mass is 185 g/mol. The molecule has 0 aromatic carbocycles. The van der Waals surface area contributed by atoms with Crippen LogP contribution in [-0.2, 0) is 0 Å². The minimum absolute atomic E-state index is 0.157. The first kappa shape index (κ1) is 11.0. The molecule has 1 aliphatic rings. The van der Waals surface area contributed by atoms with Gasteiger partial charge >= 0.3 is 0 Å². The van der Waals surface area contributed by atoms with Crippen LogP contribution < -0.4 is 0 Å². The van der Waals surface area contributed by atoms with Crippen LogP contribution in [0.15, 0.2) is 0 Å². The standard InChI is InChI=1S/C11H23NO/c1-11(2,8-9-13)12(3)10-6-4-5-7-10/h10,13H,4-9H2,1-3H3. The summed E-state index contributed by atoms with van der Waals surface area (Å²) in [6.45, 7) is 4.74. The average molecular weight is 185 g/mol. The highest BCUT2D eigenvalue weighted by molar-refractivity contribution is 4.86. The van der Waals surface area contributed by atoms with E-state index < -0.39 is 0 Å². The van der Waals surface area contributed by atoms with Crippen LogP contribution in [0.4, 0.5) is 0 Å². The molecule has 0 amide bonds. The lowest BCUT2D eigenvalue weighted by molar-refractivity contribution is 0.0769. The second kappa shape index (κ2) is 4.43. The fraction of sp³-hybridized carbons (Fsp3) is 1.00. The maximum Gasteiger partial charge on any atom is 0.0448 e. The second-order valence-corrected chi connectivity index (χ2v) is 4.84. The molecule has 1 N–H and O–H groups in total. The van der Waals surface area contributed by atoms with Gasteiger partial charge in [0.2, 0.25) is 0 Å². The molecule has 1 aliphatic carbocycles. The molecule has 0 aromatic heterocycles. The van der Waals surface area contributed by atoms with Crippen molar-refractivity contribution in [3.8, 4) is 0 Å². The minimum Gasteiger partial charge on any atom is -0.396 e. The summed E-state index contributed by atoms with van der Waals surface area (Å²) in [4.78, 5) is 2.45. The summed E-state index contributed by atoms with van der Waals surface area (Å²) in [6, 6.07) is 0.751. The third kappa shape index (κ3) is 2.68. The molecule has 1 fully saturated rings. The fourth-order valence-corrected chi connectivity index (χ4v) is 2.24. The molecule has 13 heavy (non-hydrogen) atoms. The Bertz CT molecular complexity index is 150. The van der Waals surface area contributed by atoms with Crippen molar-refractivity contribution in [1.82, 2.24) is 4.90 Å². The van der Waals surface area contributed by atoms with Crippen LogP contribution in [0.1, 0.15) is 46.0 Å². The highest BCUT2D eigenvalue weighted by Gasteiger charge is 2.30. The minimum atomic E-state index is 0.157. The quantitative estimate of drug-likeness (QED) is 0.724. The third-order valence-corrected chi connectivity index (χ3v) is 3.55. The Morgan fingerprint density at radius 3 is 2.31 bits per heavy atom. The van der Waals surface area contributed by atoms with Crippen LogP contribution in [0, 0.1) is 0 Å². The van der Waals surface area contributed by atoms with Gasteiger partial charge in [-0.3, -0.25) is 4.90 Å². The summed E-state index contributed by atoms with van der Waals surface area (Å²) in [6.07, 6.45) is 6.31. The molecule has 0 spiro atoms. The first-order chi connectivity index (χ1) is 6.08. The van der Waals surface area contributed by atoms with Crippen molar-refractivity contribution in [1.29, 1.82) is 0 Å². The maximum absolute atomic E-state index is 8.97. The number of nitrogens with zero attached hydrogens (tertiary/aromatic N) is 1. The molecule has 0 aliphatic heterocycles. The highest BCUT2D eigenvalue weighted by Crippen LogP contribution is 2.29. The molecule has 0 heterocycles. The lowest BCUT2D eigenvalue weighted by Crippen LogP contribution is -2.46. The van der Waals surface area contributed by atoms with Crippen LogP contribution in [0.5, 0.6) is 0 Å². The van der Waals surface area contributed by atoms with Crippen molar-refractivity contribution in [2.24, 2.45) is 0 Å². The van der Waals surface area contributed by atoms with Gasteiger partial charge < -0.3 is 5.11 Å². The fourth-order valence-electron chi connectivity index (χ4n) is 2.24. The topological polar surface area (TPSA) is 23.5 Å².